The topological polar surface area (TPSA) is 120 Å². The molecular formula is C19H20BrN3O6. The molecule has 0 aliphatic rings. The van der Waals surface area contributed by atoms with E-state index in [0.717, 1.165) is 16.5 Å². The summed E-state index contributed by atoms with van der Waals surface area (Å²) in [6.45, 7) is 3.12. The van der Waals surface area contributed by atoms with Gasteiger partial charge in [0.2, 0.25) is 0 Å². The number of benzene rings is 2. The predicted octanol–water partition coefficient (Wildman–Crippen LogP) is 2.91. The number of nitro benzene ring substituents is 1. The Kier molecular flexibility index (Phi) is 7.96. The van der Waals surface area contributed by atoms with Crippen molar-refractivity contribution in [1.82, 2.24) is 10.9 Å². The van der Waals surface area contributed by atoms with E-state index in [1.807, 2.05) is 19.1 Å². The molecule has 0 fully saturated rings. The third kappa shape index (κ3) is 6.46. The van der Waals surface area contributed by atoms with E-state index in [9.17, 15) is 19.7 Å². The maximum Gasteiger partial charge on any atom is 0.310 e. The molecule has 0 aromatic heterocycles. The average Bonchev–Trinajstić information content (AvgIpc) is 2.71. The van der Waals surface area contributed by atoms with Gasteiger partial charge in [-0.2, -0.15) is 0 Å². The lowest BCUT2D eigenvalue weighted by Crippen LogP contribution is -2.48. The van der Waals surface area contributed by atoms with Crippen LogP contribution in [0.25, 0.3) is 0 Å². The molecule has 0 heterocycles. The van der Waals surface area contributed by atoms with Crippen LogP contribution in [0.5, 0.6) is 11.5 Å². The predicted molar refractivity (Wildman–Crippen MR) is 108 cm³/mol. The van der Waals surface area contributed by atoms with E-state index in [1.165, 1.54) is 25.1 Å². The Labute approximate surface area is 175 Å². The van der Waals surface area contributed by atoms with Crippen LogP contribution >= 0.6 is 15.9 Å². The molecule has 0 spiro atoms. The number of amides is 2. The number of nitrogens with zero attached hydrogens (tertiary/aromatic N) is 1. The molecule has 10 heteroatoms. The fourth-order valence-electron chi connectivity index (χ4n) is 2.25. The minimum absolute atomic E-state index is 0.0461. The lowest BCUT2D eigenvalue weighted by Gasteiger charge is -2.15. The van der Waals surface area contributed by atoms with Crippen LogP contribution in [0.15, 0.2) is 46.9 Å². The van der Waals surface area contributed by atoms with Gasteiger partial charge in [0, 0.05) is 6.07 Å². The zero-order chi connectivity index (χ0) is 21.4. The van der Waals surface area contributed by atoms with Gasteiger partial charge in [0.05, 0.1) is 9.40 Å². The van der Waals surface area contributed by atoms with Crippen molar-refractivity contribution in [3.8, 4) is 11.5 Å². The Morgan fingerprint density at radius 2 is 1.90 bits per heavy atom. The zero-order valence-electron chi connectivity index (χ0n) is 15.8. The highest BCUT2D eigenvalue weighted by atomic mass is 79.9. The molecule has 2 aromatic carbocycles. The molecule has 1 unspecified atom stereocenters. The summed E-state index contributed by atoms with van der Waals surface area (Å²) in [6.07, 6.45) is -0.203. The molecule has 0 radical (unpaired) electrons. The fourth-order valence-corrected chi connectivity index (χ4v) is 2.79. The summed E-state index contributed by atoms with van der Waals surface area (Å²) in [7, 11) is 0. The first-order valence-electron chi connectivity index (χ1n) is 8.71. The van der Waals surface area contributed by atoms with Crippen molar-refractivity contribution in [2.75, 3.05) is 6.61 Å². The second-order valence-electron chi connectivity index (χ2n) is 5.93. The van der Waals surface area contributed by atoms with Crippen molar-refractivity contribution < 1.29 is 24.0 Å². The third-order valence-corrected chi connectivity index (χ3v) is 4.44. The van der Waals surface area contributed by atoms with Crippen molar-refractivity contribution in [3.05, 3.63) is 62.6 Å². The van der Waals surface area contributed by atoms with E-state index < -0.39 is 22.8 Å². The number of hydrogen-bond donors (Lipinski definition) is 2. The quantitative estimate of drug-likeness (QED) is 0.456. The normalized spacial score (nSPS) is 11.3. The van der Waals surface area contributed by atoms with E-state index in [4.69, 9.17) is 9.47 Å². The van der Waals surface area contributed by atoms with Crippen LogP contribution in [-0.4, -0.2) is 29.4 Å². The summed E-state index contributed by atoms with van der Waals surface area (Å²) < 4.78 is 11.5. The van der Waals surface area contributed by atoms with Crippen LogP contribution in [0.4, 0.5) is 5.69 Å². The van der Waals surface area contributed by atoms with Crippen molar-refractivity contribution >= 4 is 33.4 Å². The number of carbonyl (C=O) groups is 2. The maximum atomic E-state index is 12.1. The van der Waals surface area contributed by atoms with Crippen molar-refractivity contribution in [2.45, 2.75) is 26.4 Å². The van der Waals surface area contributed by atoms with Crippen molar-refractivity contribution in [2.24, 2.45) is 0 Å². The largest absolute Gasteiger partial charge is 0.483 e. The standard InChI is InChI=1S/C19H20BrN3O6/c1-3-13-8-9-16(14(20)10-13)28-11-18(24)21-22-19(25)12(2)29-17-7-5-4-6-15(17)23(26)27/h4-10,12H,3,11H2,1-2H3,(H,21,24)(H,22,25). The fraction of sp³-hybridized carbons (Fsp3) is 0.263. The Balaban J connectivity index is 1.82. The molecule has 1 atom stereocenters. The van der Waals surface area contributed by atoms with E-state index >= 15 is 0 Å². The SMILES string of the molecule is CCc1ccc(OCC(=O)NNC(=O)C(C)Oc2ccccc2[N+](=O)[O-])c(Br)c1. The van der Waals surface area contributed by atoms with Gasteiger partial charge in [0.25, 0.3) is 11.8 Å². The minimum Gasteiger partial charge on any atom is -0.483 e. The molecule has 2 amide bonds. The number of rotatable bonds is 8. The van der Waals surface area contributed by atoms with Crippen molar-refractivity contribution in [1.29, 1.82) is 0 Å². The number of carbonyl (C=O) groups excluding carboxylic acids is 2. The number of halogens is 1. The second kappa shape index (κ2) is 10.4. The lowest BCUT2D eigenvalue weighted by molar-refractivity contribution is -0.386. The van der Waals surface area contributed by atoms with Crippen molar-refractivity contribution in [3.63, 3.8) is 0 Å². The molecule has 154 valence electrons. The van der Waals surface area contributed by atoms with Crippen LogP contribution in [0.2, 0.25) is 0 Å². The molecule has 0 saturated carbocycles. The molecule has 29 heavy (non-hydrogen) atoms. The summed E-state index contributed by atoms with van der Waals surface area (Å²) in [5.41, 5.74) is 5.26. The summed E-state index contributed by atoms with van der Waals surface area (Å²) in [5, 5.41) is 11.0. The molecule has 0 aliphatic carbocycles. The average molecular weight is 466 g/mol. The first kappa shape index (κ1) is 22.2. The third-order valence-electron chi connectivity index (χ3n) is 3.82. The molecule has 9 nitrogen and oxygen atoms in total. The number of para-hydroxylation sites is 2. The van der Waals surface area contributed by atoms with Gasteiger partial charge in [-0.1, -0.05) is 25.1 Å². The zero-order valence-corrected chi connectivity index (χ0v) is 17.4. The molecule has 0 aliphatic heterocycles. The monoisotopic (exact) mass is 465 g/mol. The number of hydrazine groups is 1. The highest BCUT2D eigenvalue weighted by Crippen LogP contribution is 2.27. The minimum atomic E-state index is -1.08. The summed E-state index contributed by atoms with van der Waals surface area (Å²) in [6, 6.07) is 11.2. The van der Waals surface area contributed by atoms with Gasteiger partial charge in [-0.3, -0.25) is 30.6 Å². The summed E-state index contributed by atoms with van der Waals surface area (Å²) in [5.74, 6) is -0.806. The van der Waals surface area contributed by atoms with E-state index in [2.05, 4.69) is 26.8 Å². The van der Waals surface area contributed by atoms with Gasteiger partial charge in [-0.15, -0.1) is 0 Å². The summed E-state index contributed by atoms with van der Waals surface area (Å²) >= 11 is 3.38. The molecule has 2 rings (SSSR count). The maximum absolute atomic E-state index is 12.1. The lowest BCUT2D eigenvalue weighted by atomic mass is 10.2. The first-order valence-corrected chi connectivity index (χ1v) is 9.51. The van der Waals surface area contributed by atoms with Gasteiger partial charge in [0.1, 0.15) is 5.75 Å². The van der Waals surface area contributed by atoms with Gasteiger partial charge < -0.3 is 9.47 Å². The van der Waals surface area contributed by atoms with Crippen LogP contribution in [0, 0.1) is 10.1 Å². The van der Waals surface area contributed by atoms with Crippen LogP contribution < -0.4 is 20.3 Å². The number of hydrogen-bond acceptors (Lipinski definition) is 6. The molecule has 2 aromatic rings. The van der Waals surface area contributed by atoms with Gasteiger partial charge in [-0.05, 0) is 53.0 Å². The Bertz CT molecular complexity index is 905. The molecule has 0 saturated heterocycles. The Hall–Kier alpha value is -3.14. The molecule has 2 N–H and O–H groups in total. The number of aryl methyl sites for hydroxylation is 1. The van der Waals surface area contributed by atoms with Crippen LogP contribution in [-0.2, 0) is 16.0 Å². The van der Waals surface area contributed by atoms with Gasteiger partial charge >= 0.3 is 5.69 Å². The first-order chi connectivity index (χ1) is 13.8. The van der Waals surface area contributed by atoms with E-state index in [0.29, 0.717) is 5.75 Å². The second-order valence-corrected chi connectivity index (χ2v) is 6.78. The molecule has 0 bridgehead atoms. The highest BCUT2D eigenvalue weighted by Gasteiger charge is 2.21. The Morgan fingerprint density at radius 1 is 1.17 bits per heavy atom. The van der Waals surface area contributed by atoms with E-state index in [1.54, 1.807) is 12.1 Å². The smallest absolute Gasteiger partial charge is 0.310 e. The summed E-state index contributed by atoms with van der Waals surface area (Å²) in [4.78, 5) is 34.3. The van der Waals surface area contributed by atoms with Crippen LogP contribution in [0.3, 0.4) is 0 Å². The Morgan fingerprint density at radius 3 is 2.55 bits per heavy atom. The number of nitro groups is 1. The van der Waals surface area contributed by atoms with Gasteiger partial charge in [0.15, 0.2) is 18.5 Å². The number of nitrogens with one attached hydrogen (secondary N) is 2. The van der Waals surface area contributed by atoms with E-state index in [-0.39, 0.29) is 18.0 Å². The molecular weight excluding hydrogens is 446 g/mol. The number of ether oxygens (including phenoxy) is 2. The van der Waals surface area contributed by atoms with Crippen LogP contribution in [0.1, 0.15) is 19.4 Å². The van der Waals surface area contributed by atoms with Gasteiger partial charge in [-0.25, -0.2) is 0 Å². The highest BCUT2D eigenvalue weighted by molar-refractivity contribution is 9.10.